The van der Waals surface area contributed by atoms with E-state index in [2.05, 4.69) is 26.2 Å². The fourth-order valence-electron chi connectivity index (χ4n) is 1.88. The van der Waals surface area contributed by atoms with Gasteiger partial charge in [-0.3, -0.25) is 9.88 Å². The first-order valence-corrected chi connectivity index (χ1v) is 7.81. The van der Waals surface area contributed by atoms with Gasteiger partial charge in [-0.2, -0.15) is 0 Å². The smallest absolute Gasteiger partial charge is 0.408 e. The molecule has 2 rings (SSSR count). The van der Waals surface area contributed by atoms with Gasteiger partial charge in [-0.05, 0) is 22.0 Å². The quantitative estimate of drug-likeness (QED) is 0.807. The number of sulfone groups is 1. The third kappa shape index (κ3) is 2.88. The predicted octanol–water partition coefficient (Wildman–Crippen LogP) is 0.527. The number of rotatable bonds is 2. The van der Waals surface area contributed by atoms with Gasteiger partial charge >= 0.3 is 6.09 Å². The van der Waals surface area contributed by atoms with E-state index >= 15 is 0 Å². The van der Waals surface area contributed by atoms with E-state index in [0.717, 1.165) is 4.90 Å². The Labute approximate surface area is 118 Å². The number of nitrogens with one attached hydrogen (secondary N) is 1. The number of carbonyl (C=O) groups is 1. The van der Waals surface area contributed by atoms with Gasteiger partial charge in [-0.15, -0.1) is 0 Å². The summed E-state index contributed by atoms with van der Waals surface area (Å²) in [4.78, 5) is 15.9. The Bertz CT molecular complexity index is 592. The zero-order valence-electron chi connectivity index (χ0n) is 9.78. The van der Waals surface area contributed by atoms with E-state index in [1.165, 1.54) is 18.5 Å². The van der Waals surface area contributed by atoms with Gasteiger partial charge in [0, 0.05) is 36.5 Å². The topological polar surface area (TPSA) is 99.6 Å². The number of pyridine rings is 1. The van der Waals surface area contributed by atoms with Crippen molar-refractivity contribution in [1.29, 1.82) is 0 Å². The van der Waals surface area contributed by atoms with E-state index in [0.29, 0.717) is 11.0 Å². The molecule has 19 heavy (non-hydrogen) atoms. The number of piperazine rings is 1. The summed E-state index contributed by atoms with van der Waals surface area (Å²) in [6, 6.07) is 1.41. The highest BCUT2D eigenvalue weighted by Crippen LogP contribution is 2.22. The fourth-order valence-corrected chi connectivity index (χ4v) is 4.08. The fraction of sp³-hybridized carbons (Fsp3) is 0.400. The van der Waals surface area contributed by atoms with Gasteiger partial charge in [0.2, 0.25) is 9.84 Å². The van der Waals surface area contributed by atoms with Crippen LogP contribution in [-0.4, -0.2) is 54.5 Å². The second-order valence-electron chi connectivity index (χ2n) is 4.02. The number of amides is 1. The van der Waals surface area contributed by atoms with Crippen LogP contribution in [0.25, 0.3) is 0 Å². The molecule has 1 aliphatic rings. The Balaban J connectivity index is 2.40. The van der Waals surface area contributed by atoms with Crippen molar-refractivity contribution in [3.8, 4) is 0 Å². The van der Waals surface area contributed by atoms with Crippen LogP contribution in [0.2, 0.25) is 0 Å². The van der Waals surface area contributed by atoms with Gasteiger partial charge in [-0.1, -0.05) is 0 Å². The van der Waals surface area contributed by atoms with Crippen LogP contribution in [0.1, 0.15) is 0 Å². The molecule has 0 aromatic carbocycles. The SMILES string of the molecule is O=C(O)N1CCNCC1S(=O)(=O)c1cncc(Br)c1. The van der Waals surface area contributed by atoms with Crippen LogP contribution < -0.4 is 5.32 Å². The standard InChI is InChI=1S/C10H12BrN3O4S/c11-7-3-8(5-13-4-7)19(17,18)9-6-12-1-2-14(9)10(15)16/h3-5,9,12H,1-2,6H2,(H,15,16). The first kappa shape index (κ1) is 14.2. The molecule has 0 saturated carbocycles. The molecule has 7 nitrogen and oxygen atoms in total. The zero-order chi connectivity index (χ0) is 14.0. The summed E-state index contributed by atoms with van der Waals surface area (Å²) in [7, 11) is -3.79. The van der Waals surface area contributed by atoms with Crippen molar-refractivity contribution in [3.05, 3.63) is 22.9 Å². The molecule has 1 aromatic heterocycles. The van der Waals surface area contributed by atoms with Gasteiger partial charge in [0.15, 0.2) is 5.37 Å². The van der Waals surface area contributed by atoms with Crippen LogP contribution in [0.5, 0.6) is 0 Å². The van der Waals surface area contributed by atoms with Gasteiger partial charge in [0.05, 0.1) is 4.90 Å². The van der Waals surface area contributed by atoms with Crippen molar-refractivity contribution in [1.82, 2.24) is 15.2 Å². The number of aromatic nitrogens is 1. The highest BCUT2D eigenvalue weighted by atomic mass is 79.9. The summed E-state index contributed by atoms with van der Waals surface area (Å²) < 4.78 is 25.4. The number of nitrogens with zero attached hydrogens (tertiary/aromatic N) is 2. The molecule has 2 N–H and O–H groups in total. The molecule has 1 saturated heterocycles. The van der Waals surface area contributed by atoms with Crippen molar-refractivity contribution >= 4 is 31.9 Å². The van der Waals surface area contributed by atoms with E-state index in [1.54, 1.807) is 0 Å². The Morgan fingerprint density at radius 1 is 1.53 bits per heavy atom. The molecular formula is C10H12BrN3O4S. The van der Waals surface area contributed by atoms with Crippen LogP contribution in [0, 0.1) is 0 Å². The number of halogens is 1. The number of hydrogen-bond donors (Lipinski definition) is 2. The van der Waals surface area contributed by atoms with Crippen LogP contribution in [0.3, 0.4) is 0 Å². The Hall–Kier alpha value is -1.19. The summed E-state index contributed by atoms with van der Waals surface area (Å²) >= 11 is 3.15. The van der Waals surface area contributed by atoms with E-state index < -0.39 is 21.3 Å². The van der Waals surface area contributed by atoms with E-state index in [9.17, 15) is 13.2 Å². The molecule has 2 heterocycles. The van der Waals surface area contributed by atoms with Crippen LogP contribution in [0.15, 0.2) is 27.8 Å². The molecule has 0 radical (unpaired) electrons. The first-order chi connectivity index (χ1) is 8.93. The Kier molecular flexibility index (Phi) is 4.07. The highest BCUT2D eigenvalue weighted by Gasteiger charge is 2.37. The molecule has 1 aromatic rings. The molecule has 0 bridgehead atoms. The predicted molar refractivity (Wildman–Crippen MR) is 70.5 cm³/mol. The molecule has 1 atom stereocenters. The lowest BCUT2D eigenvalue weighted by Crippen LogP contribution is -2.56. The highest BCUT2D eigenvalue weighted by molar-refractivity contribution is 9.10. The maximum atomic E-state index is 12.4. The molecule has 1 unspecified atom stereocenters. The van der Waals surface area contributed by atoms with Crippen molar-refractivity contribution in [2.45, 2.75) is 10.3 Å². The third-order valence-electron chi connectivity index (χ3n) is 2.81. The lowest BCUT2D eigenvalue weighted by atomic mass is 10.4. The second-order valence-corrected chi connectivity index (χ2v) is 7.04. The van der Waals surface area contributed by atoms with Crippen molar-refractivity contribution < 1.29 is 18.3 Å². The third-order valence-corrected chi connectivity index (χ3v) is 5.26. The maximum Gasteiger partial charge on any atom is 0.408 e. The molecule has 1 aliphatic heterocycles. The molecule has 1 fully saturated rings. The molecular weight excluding hydrogens is 338 g/mol. The molecule has 0 spiro atoms. The van der Waals surface area contributed by atoms with Crippen LogP contribution in [0.4, 0.5) is 4.79 Å². The lowest BCUT2D eigenvalue weighted by molar-refractivity contribution is 0.130. The minimum Gasteiger partial charge on any atom is -0.465 e. The monoisotopic (exact) mass is 349 g/mol. The summed E-state index contributed by atoms with van der Waals surface area (Å²) in [6.45, 7) is 0.650. The number of hydrogen-bond acceptors (Lipinski definition) is 5. The molecule has 1 amide bonds. The van der Waals surface area contributed by atoms with Crippen molar-refractivity contribution in [2.24, 2.45) is 0 Å². The largest absolute Gasteiger partial charge is 0.465 e. The maximum absolute atomic E-state index is 12.4. The normalized spacial score (nSPS) is 20.3. The van der Waals surface area contributed by atoms with E-state index in [-0.39, 0.29) is 18.0 Å². The Morgan fingerprint density at radius 3 is 2.89 bits per heavy atom. The van der Waals surface area contributed by atoms with Gasteiger partial charge in [0.25, 0.3) is 0 Å². The van der Waals surface area contributed by atoms with E-state index in [4.69, 9.17) is 5.11 Å². The molecule has 0 aliphatic carbocycles. The van der Waals surface area contributed by atoms with Crippen LogP contribution in [-0.2, 0) is 9.84 Å². The minimum atomic E-state index is -3.79. The summed E-state index contributed by atoms with van der Waals surface area (Å²) in [5, 5.41) is 10.8. The van der Waals surface area contributed by atoms with Gasteiger partial charge in [0.1, 0.15) is 0 Å². The van der Waals surface area contributed by atoms with Gasteiger partial charge < -0.3 is 10.4 Å². The second kappa shape index (κ2) is 5.43. The van der Waals surface area contributed by atoms with Crippen molar-refractivity contribution in [2.75, 3.05) is 19.6 Å². The average molecular weight is 350 g/mol. The zero-order valence-corrected chi connectivity index (χ0v) is 12.2. The molecule has 9 heteroatoms. The Morgan fingerprint density at radius 2 is 2.26 bits per heavy atom. The summed E-state index contributed by atoms with van der Waals surface area (Å²) in [6.07, 6.45) is 1.44. The van der Waals surface area contributed by atoms with E-state index in [1.807, 2.05) is 0 Å². The van der Waals surface area contributed by atoms with Gasteiger partial charge in [-0.25, -0.2) is 13.2 Å². The minimum absolute atomic E-state index is 0.00169. The first-order valence-electron chi connectivity index (χ1n) is 5.47. The number of carboxylic acid groups (broad SMARTS) is 1. The lowest BCUT2D eigenvalue weighted by Gasteiger charge is -2.33. The van der Waals surface area contributed by atoms with Crippen LogP contribution >= 0.6 is 15.9 Å². The average Bonchev–Trinajstić information content (AvgIpc) is 2.38. The van der Waals surface area contributed by atoms with Crippen molar-refractivity contribution in [3.63, 3.8) is 0 Å². The summed E-state index contributed by atoms with van der Waals surface area (Å²) in [5.41, 5.74) is 0. The summed E-state index contributed by atoms with van der Waals surface area (Å²) in [5.74, 6) is 0. The molecule has 104 valence electrons.